The SMILES string of the molecule is COc1ccc(C)cc1N(CC(=O)N1CCC[C@@H](C)C1)S(=O)(=O)c1ccc(C)cc1. The van der Waals surface area contributed by atoms with E-state index in [1.165, 1.54) is 11.4 Å². The Kier molecular flexibility index (Phi) is 6.71. The first-order valence-corrected chi connectivity index (χ1v) is 11.7. The van der Waals surface area contributed by atoms with Crippen LogP contribution in [0.3, 0.4) is 0 Å². The zero-order valence-electron chi connectivity index (χ0n) is 18.1. The minimum atomic E-state index is -3.96. The molecule has 3 rings (SSSR count). The highest BCUT2D eigenvalue weighted by Crippen LogP contribution is 2.33. The Bertz CT molecular complexity index is 1000. The second-order valence-electron chi connectivity index (χ2n) is 8.09. The van der Waals surface area contributed by atoms with Crippen LogP contribution in [0.1, 0.15) is 30.9 Å². The Labute approximate surface area is 179 Å². The number of nitrogens with zero attached hydrogens (tertiary/aromatic N) is 2. The summed E-state index contributed by atoms with van der Waals surface area (Å²) in [6, 6.07) is 12.0. The largest absolute Gasteiger partial charge is 0.495 e. The second kappa shape index (κ2) is 9.08. The predicted octanol–water partition coefficient (Wildman–Crippen LogP) is 3.77. The van der Waals surface area contributed by atoms with Crippen LogP contribution in [0.15, 0.2) is 47.4 Å². The van der Waals surface area contributed by atoms with Crippen molar-refractivity contribution < 1.29 is 17.9 Å². The fraction of sp³-hybridized carbons (Fsp3) is 0.435. The Morgan fingerprint density at radius 2 is 1.80 bits per heavy atom. The Balaban J connectivity index is 2.04. The van der Waals surface area contributed by atoms with E-state index in [-0.39, 0.29) is 17.3 Å². The van der Waals surface area contributed by atoms with Gasteiger partial charge in [0.1, 0.15) is 12.3 Å². The van der Waals surface area contributed by atoms with Gasteiger partial charge >= 0.3 is 0 Å². The van der Waals surface area contributed by atoms with Crippen molar-refractivity contribution in [2.24, 2.45) is 5.92 Å². The summed E-state index contributed by atoms with van der Waals surface area (Å²) in [5.41, 5.74) is 2.22. The summed E-state index contributed by atoms with van der Waals surface area (Å²) < 4.78 is 33.8. The molecule has 0 bridgehead atoms. The number of anilines is 1. The number of piperidine rings is 1. The van der Waals surface area contributed by atoms with E-state index in [2.05, 4.69) is 6.92 Å². The first-order chi connectivity index (χ1) is 14.2. The quantitative estimate of drug-likeness (QED) is 0.700. The molecule has 6 nitrogen and oxygen atoms in total. The summed E-state index contributed by atoms with van der Waals surface area (Å²) in [5.74, 6) is 0.634. The van der Waals surface area contributed by atoms with E-state index in [0.29, 0.717) is 30.4 Å². The van der Waals surface area contributed by atoms with E-state index in [0.717, 1.165) is 24.0 Å². The number of methoxy groups -OCH3 is 1. The van der Waals surface area contributed by atoms with Crippen LogP contribution in [0.2, 0.25) is 0 Å². The highest BCUT2D eigenvalue weighted by molar-refractivity contribution is 7.92. The molecule has 7 heteroatoms. The molecule has 0 unspecified atom stereocenters. The van der Waals surface area contributed by atoms with Gasteiger partial charge in [0.15, 0.2) is 0 Å². The maximum atomic E-state index is 13.6. The van der Waals surface area contributed by atoms with Crippen molar-refractivity contribution in [3.8, 4) is 5.75 Å². The van der Waals surface area contributed by atoms with Crippen LogP contribution in [-0.2, 0) is 14.8 Å². The van der Waals surface area contributed by atoms with Crippen LogP contribution in [0.5, 0.6) is 5.75 Å². The molecule has 1 fully saturated rings. The molecule has 0 aromatic heterocycles. The Morgan fingerprint density at radius 3 is 2.43 bits per heavy atom. The maximum absolute atomic E-state index is 13.6. The summed E-state index contributed by atoms with van der Waals surface area (Å²) in [7, 11) is -2.46. The maximum Gasteiger partial charge on any atom is 0.264 e. The summed E-state index contributed by atoms with van der Waals surface area (Å²) in [5, 5.41) is 0. The third kappa shape index (κ3) is 4.78. The van der Waals surface area contributed by atoms with Crippen LogP contribution in [0.4, 0.5) is 5.69 Å². The van der Waals surface area contributed by atoms with Crippen LogP contribution in [-0.4, -0.2) is 46.0 Å². The van der Waals surface area contributed by atoms with Crippen molar-refractivity contribution in [3.05, 3.63) is 53.6 Å². The molecule has 1 heterocycles. The molecule has 1 aliphatic heterocycles. The van der Waals surface area contributed by atoms with Gasteiger partial charge in [0.05, 0.1) is 17.7 Å². The van der Waals surface area contributed by atoms with E-state index in [9.17, 15) is 13.2 Å². The number of benzene rings is 2. The minimum absolute atomic E-state index is 0.150. The summed E-state index contributed by atoms with van der Waals surface area (Å²) in [4.78, 5) is 15.0. The number of aryl methyl sites for hydroxylation is 2. The molecule has 1 atom stereocenters. The zero-order valence-corrected chi connectivity index (χ0v) is 18.9. The van der Waals surface area contributed by atoms with Crippen LogP contribution in [0, 0.1) is 19.8 Å². The number of ether oxygens (including phenoxy) is 1. The molecule has 162 valence electrons. The molecule has 2 aromatic rings. The lowest BCUT2D eigenvalue weighted by Gasteiger charge is -2.33. The molecule has 0 N–H and O–H groups in total. The zero-order chi connectivity index (χ0) is 21.9. The third-order valence-corrected chi connectivity index (χ3v) is 7.27. The summed E-state index contributed by atoms with van der Waals surface area (Å²) in [6.45, 7) is 6.95. The van der Waals surface area contributed by atoms with Crippen molar-refractivity contribution in [3.63, 3.8) is 0 Å². The van der Waals surface area contributed by atoms with Crippen molar-refractivity contribution in [2.45, 2.75) is 38.5 Å². The number of sulfonamides is 1. The Hall–Kier alpha value is -2.54. The molecular weight excluding hydrogens is 400 g/mol. The first kappa shape index (κ1) is 22.2. The smallest absolute Gasteiger partial charge is 0.264 e. The molecule has 0 spiro atoms. The van der Waals surface area contributed by atoms with Crippen LogP contribution < -0.4 is 9.04 Å². The number of likely N-dealkylation sites (tertiary alicyclic amines) is 1. The standard InChI is InChI=1S/C23H30N2O4S/c1-17-7-10-20(11-8-17)30(27,28)25(21-14-18(2)9-12-22(21)29-4)16-23(26)24-13-5-6-19(3)15-24/h7-12,14,19H,5-6,13,15-16H2,1-4H3/t19-/m1/s1. The molecule has 0 saturated carbocycles. The van der Waals surface area contributed by atoms with Crippen LogP contribution in [0.25, 0.3) is 0 Å². The topological polar surface area (TPSA) is 66.9 Å². The number of amides is 1. The number of hydrogen-bond donors (Lipinski definition) is 0. The number of rotatable bonds is 6. The number of carbonyl (C=O) groups excluding carboxylic acids is 1. The third-order valence-electron chi connectivity index (χ3n) is 5.50. The van der Waals surface area contributed by atoms with E-state index < -0.39 is 10.0 Å². The number of carbonyl (C=O) groups is 1. The number of hydrogen-bond acceptors (Lipinski definition) is 4. The van der Waals surface area contributed by atoms with Gasteiger partial charge in [0, 0.05) is 13.1 Å². The fourth-order valence-corrected chi connectivity index (χ4v) is 5.19. The molecule has 1 amide bonds. The van der Waals surface area contributed by atoms with Crippen molar-refractivity contribution >= 4 is 21.6 Å². The molecule has 1 saturated heterocycles. The molecule has 2 aromatic carbocycles. The lowest BCUT2D eigenvalue weighted by molar-refractivity contribution is -0.131. The van der Waals surface area contributed by atoms with Crippen molar-refractivity contribution in [2.75, 3.05) is 31.0 Å². The van der Waals surface area contributed by atoms with Gasteiger partial charge in [0.25, 0.3) is 10.0 Å². The molecule has 30 heavy (non-hydrogen) atoms. The average Bonchev–Trinajstić information content (AvgIpc) is 2.72. The lowest BCUT2D eigenvalue weighted by atomic mass is 10.0. The van der Waals surface area contributed by atoms with Gasteiger partial charge in [-0.1, -0.05) is 30.7 Å². The second-order valence-corrected chi connectivity index (χ2v) is 9.95. The van der Waals surface area contributed by atoms with E-state index in [1.807, 2.05) is 19.9 Å². The summed E-state index contributed by atoms with van der Waals surface area (Å²) in [6.07, 6.45) is 2.02. The van der Waals surface area contributed by atoms with Gasteiger partial charge in [-0.05, 0) is 62.4 Å². The van der Waals surface area contributed by atoms with Gasteiger partial charge in [-0.2, -0.15) is 0 Å². The van der Waals surface area contributed by atoms with Gasteiger partial charge < -0.3 is 9.64 Å². The fourth-order valence-electron chi connectivity index (χ4n) is 3.77. The molecular formula is C23H30N2O4S. The molecule has 0 aliphatic carbocycles. The monoisotopic (exact) mass is 430 g/mol. The van der Waals surface area contributed by atoms with Gasteiger partial charge in [-0.15, -0.1) is 0 Å². The molecule has 1 aliphatic rings. The highest BCUT2D eigenvalue weighted by Gasteiger charge is 2.32. The lowest BCUT2D eigenvalue weighted by Crippen LogP contribution is -2.46. The highest BCUT2D eigenvalue weighted by atomic mass is 32.2. The van der Waals surface area contributed by atoms with Gasteiger partial charge in [0.2, 0.25) is 5.91 Å². The normalized spacial score (nSPS) is 16.9. The van der Waals surface area contributed by atoms with Crippen molar-refractivity contribution in [1.29, 1.82) is 0 Å². The average molecular weight is 431 g/mol. The van der Waals surface area contributed by atoms with Crippen molar-refractivity contribution in [1.82, 2.24) is 4.90 Å². The predicted molar refractivity (Wildman–Crippen MR) is 118 cm³/mol. The van der Waals surface area contributed by atoms with E-state index in [4.69, 9.17) is 4.74 Å². The molecule has 0 radical (unpaired) electrons. The van der Waals surface area contributed by atoms with Crippen LogP contribution >= 0.6 is 0 Å². The Morgan fingerprint density at radius 1 is 1.13 bits per heavy atom. The van der Waals surface area contributed by atoms with Gasteiger partial charge in [-0.3, -0.25) is 9.10 Å². The van der Waals surface area contributed by atoms with E-state index >= 15 is 0 Å². The van der Waals surface area contributed by atoms with Gasteiger partial charge in [-0.25, -0.2) is 8.42 Å². The first-order valence-electron chi connectivity index (χ1n) is 10.2. The minimum Gasteiger partial charge on any atom is -0.495 e. The summed E-state index contributed by atoms with van der Waals surface area (Å²) >= 11 is 0. The van der Waals surface area contributed by atoms with E-state index in [1.54, 1.807) is 41.3 Å².